The fourth-order valence-electron chi connectivity index (χ4n) is 4.14. The van der Waals surface area contributed by atoms with Crippen LogP contribution in [0.4, 0.5) is 10.8 Å². The minimum absolute atomic E-state index is 0.164. The number of carbonyl (C=O) groups is 1. The maximum absolute atomic E-state index is 13.3. The van der Waals surface area contributed by atoms with E-state index in [1.54, 1.807) is 0 Å². The molecule has 1 aliphatic heterocycles. The number of nitrogens with one attached hydrogen (secondary N) is 1. The molecule has 0 saturated carbocycles. The van der Waals surface area contributed by atoms with Crippen molar-refractivity contribution in [1.82, 2.24) is 4.98 Å². The molecule has 1 aromatic heterocycles. The minimum atomic E-state index is -3.72. The molecule has 0 fully saturated rings. The van der Waals surface area contributed by atoms with E-state index in [1.807, 2.05) is 61.5 Å². The average Bonchev–Trinajstić information content (AvgIpc) is 3.24. The van der Waals surface area contributed by atoms with Crippen LogP contribution in [0.3, 0.4) is 0 Å². The number of aryl methyl sites for hydroxylation is 2. The monoisotopic (exact) mass is 489 g/mol. The lowest BCUT2D eigenvalue weighted by Crippen LogP contribution is -2.35. The number of benzene rings is 3. The predicted molar refractivity (Wildman–Crippen MR) is 136 cm³/mol. The minimum Gasteiger partial charge on any atom is -0.298 e. The quantitative estimate of drug-likeness (QED) is 0.401. The molecule has 3 aromatic carbocycles. The molecule has 0 saturated heterocycles. The number of sulfonamides is 1. The van der Waals surface area contributed by atoms with Crippen LogP contribution < -0.4 is 9.62 Å². The molecular formula is C26H23N3O3S2. The van der Waals surface area contributed by atoms with Gasteiger partial charge in [0.15, 0.2) is 5.13 Å². The number of hydrogen-bond acceptors (Lipinski definition) is 5. The van der Waals surface area contributed by atoms with Crippen molar-refractivity contribution in [1.29, 1.82) is 0 Å². The van der Waals surface area contributed by atoms with Crippen molar-refractivity contribution < 1.29 is 13.2 Å². The topological polar surface area (TPSA) is 79.4 Å². The summed E-state index contributed by atoms with van der Waals surface area (Å²) in [5.41, 5.74) is 3.95. The molecule has 34 heavy (non-hydrogen) atoms. The molecule has 0 atom stereocenters. The highest BCUT2D eigenvalue weighted by atomic mass is 32.2. The Balaban J connectivity index is 1.34. The number of thiazole rings is 1. The van der Waals surface area contributed by atoms with Crippen LogP contribution in [0.5, 0.6) is 0 Å². The zero-order chi connectivity index (χ0) is 23.7. The van der Waals surface area contributed by atoms with E-state index in [-0.39, 0.29) is 10.8 Å². The third-order valence-electron chi connectivity index (χ3n) is 5.84. The zero-order valence-corrected chi connectivity index (χ0v) is 20.2. The Labute approximate surface area is 203 Å². The number of aromatic nitrogens is 1. The van der Waals surface area contributed by atoms with Gasteiger partial charge >= 0.3 is 0 Å². The summed E-state index contributed by atoms with van der Waals surface area (Å²) in [7, 11) is -3.72. The second-order valence-electron chi connectivity index (χ2n) is 8.08. The Morgan fingerprint density at radius 2 is 1.68 bits per heavy atom. The first-order valence-electron chi connectivity index (χ1n) is 11.0. The van der Waals surface area contributed by atoms with Crippen LogP contribution in [-0.4, -0.2) is 25.9 Å². The second kappa shape index (κ2) is 9.04. The van der Waals surface area contributed by atoms with Gasteiger partial charge in [-0.25, -0.2) is 13.4 Å². The van der Waals surface area contributed by atoms with E-state index in [1.165, 1.54) is 39.9 Å². The van der Waals surface area contributed by atoms with Gasteiger partial charge in [-0.15, -0.1) is 11.3 Å². The molecule has 1 aliphatic rings. The van der Waals surface area contributed by atoms with E-state index < -0.39 is 10.0 Å². The van der Waals surface area contributed by atoms with Crippen LogP contribution in [0.1, 0.15) is 27.2 Å². The molecule has 0 bridgehead atoms. The molecular weight excluding hydrogens is 466 g/mol. The van der Waals surface area contributed by atoms with Gasteiger partial charge in [-0.3, -0.25) is 14.4 Å². The molecule has 0 radical (unpaired) electrons. The van der Waals surface area contributed by atoms with Gasteiger partial charge in [0.1, 0.15) is 0 Å². The second-order valence-corrected chi connectivity index (χ2v) is 11.1. The number of nitrogens with zero attached hydrogens (tertiary/aromatic N) is 2. The zero-order valence-electron chi connectivity index (χ0n) is 18.6. The lowest BCUT2D eigenvalue weighted by atomic mass is 10.0. The van der Waals surface area contributed by atoms with Gasteiger partial charge in [0.05, 0.1) is 16.3 Å². The first-order valence-corrected chi connectivity index (χ1v) is 13.2. The highest BCUT2D eigenvalue weighted by Gasteiger charge is 2.29. The standard InChI is InChI=1S/C26H23N3O3S2/c1-18-24(20-9-3-2-4-10-20)27-26(33-18)28-25(30)21-13-15-22(16-14-21)34(31,32)29-17-7-11-19-8-5-6-12-23(19)29/h2-6,8-10,12-16H,7,11,17H2,1H3,(H,27,28,30). The fourth-order valence-corrected chi connectivity index (χ4v) is 6.51. The maximum atomic E-state index is 13.3. The number of amides is 1. The third-order valence-corrected chi connectivity index (χ3v) is 8.55. The average molecular weight is 490 g/mol. The summed E-state index contributed by atoms with van der Waals surface area (Å²) in [4.78, 5) is 18.5. The van der Waals surface area contributed by atoms with E-state index in [9.17, 15) is 13.2 Å². The first-order chi connectivity index (χ1) is 16.4. The summed E-state index contributed by atoms with van der Waals surface area (Å²) >= 11 is 1.41. The number of anilines is 2. The molecule has 0 spiro atoms. The molecule has 2 heterocycles. The van der Waals surface area contributed by atoms with Crippen LogP contribution in [-0.2, 0) is 16.4 Å². The van der Waals surface area contributed by atoms with Crippen molar-refractivity contribution in [2.75, 3.05) is 16.2 Å². The lowest BCUT2D eigenvalue weighted by Gasteiger charge is -2.30. The number of rotatable bonds is 5. The van der Waals surface area contributed by atoms with Crippen LogP contribution in [0.15, 0.2) is 83.8 Å². The van der Waals surface area contributed by atoms with Crippen LogP contribution in [0, 0.1) is 6.92 Å². The van der Waals surface area contributed by atoms with Crippen LogP contribution in [0.25, 0.3) is 11.3 Å². The molecule has 6 nitrogen and oxygen atoms in total. The van der Waals surface area contributed by atoms with Gasteiger partial charge in [-0.1, -0.05) is 48.5 Å². The molecule has 0 aliphatic carbocycles. The van der Waals surface area contributed by atoms with Crippen molar-refractivity contribution in [3.8, 4) is 11.3 Å². The molecule has 172 valence electrons. The van der Waals surface area contributed by atoms with Crippen LogP contribution in [0.2, 0.25) is 0 Å². The molecule has 4 aromatic rings. The highest BCUT2D eigenvalue weighted by molar-refractivity contribution is 7.92. The van der Waals surface area contributed by atoms with Gasteiger partial charge in [0.2, 0.25) is 0 Å². The Morgan fingerprint density at radius 1 is 0.971 bits per heavy atom. The first kappa shape index (κ1) is 22.3. The SMILES string of the molecule is Cc1sc(NC(=O)c2ccc(S(=O)(=O)N3CCCc4ccccc43)cc2)nc1-c1ccccc1. The Bertz CT molecular complexity index is 1450. The largest absolute Gasteiger partial charge is 0.298 e. The number of para-hydroxylation sites is 1. The summed E-state index contributed by atoms with van der Waals surface area (Å²) in [6, 6.07) is 23.4. The van der Waals surface area contributed by atoms with Gasteiger partial charge in [0, 0.05) is 22.5 Å². The van der Waals surface area contributed by atoms with Gasteiger partial charge in [-0.05, 0) is 55.7 Å². The third kappa shape index (κ3) is 4.22. The van der Waals surface area contributed by atoms with Crippen molar-refractivity contribution in [3.63, 3.8) is 0 Å². The summed E-state index contributed by atoms with van der Waals surface area (Å²) in [6.45, 7) is 2.41. The Kier molecular flexibility index (Phi) is 5.93. The van der Waals surface area contributed by atoms with E-state index in [0.717, 1.165) is 40.2 Å². The normalized spacial score (nSPS) is 13.4. The lowest BCUT2D eigenvalue weighted by molar-refractivity contribution is 0.102. The summed E-state index contributed by atoms with van der Waals surface area (Å²) in [5.74, 6) is -0.333. The predicted octanol–water partition coefficient (Wildman–Crippen LogP) is 5.51. The van der Waals surface area contributed by atoms with Crippen molar-refractivity contribution >= 4 is 38.1 Å². The van der Waals surface area contributed by atoms with E-state index >= 15 is 0 Å². The Hall–Kier alpha value is -3.49. The highest BCUT2D eigenvalue weighted by Crippen LogP contribution is 2.32. The van der Waals surface area contributed by atoms with Crippen LogP contribution >= 0.6 is 11.3 Å². The van der Waals surface area contributed by atoms with E-state index in [2.05, 4.69) is 10.3 Å². The molecule has 0 unspecified atom stereocenters. The maximum Gasteiger partial charge on any atom is 0.264 e. The van der Waals surface area contributed by atoms with E-state index in [4.69, 9.17) is 0 Å². The molecule has 5 rings (SSSR count). The molecule has 1 amide bonds. The van der Waals surface area contributed by atoms with E-state index in [0.29, 0.717) is 17.2 Å². The molecule has 8 heteroatoms. The molecule has 1 N–H and O–H groups in total. The Morgan fingerprint density at radius 3 is 2.44 bits per heavy atom. The van der Waals surface area contributed by atoms with Gasteiger partial charge in [-0.2, -0.15) is 0 Å². The number of fused-ring (bicyclic) bond motifs is 1. The number of hydrogen-bond donors (Lipinski definition) is 1. The summed E-state index contributed by atoms with van der Waals surface area (Å²) in [6.07, 6.45) is 1.64. The number of carbonyl (C=O) groups excluding carboxylic acids is 1. The van der Waals surface area contributed by atoms with Gasteiger partial charge < -0.3 is 0 Å². The van der Waals surface area contributed by atoms with Crippen molar-refractivity contribution in [2.45, 2.75) is 24.7 Å². The smallest absolute Gasteiger partial charge is 0.264 e. The van der Waals surface area contributed by atoms with Crippen molar-refractivity contribution in [2.24, 2.45) is 0 Å². The van der Waals surface area contributed by atoms with Crippen molar-refractivity contribution in [3.05, 3.63) is 94.9 Å². The summed E-state index contributed by atoms with van der Waals surface area (Å²) < 4.78 is 28.1. The summed E-state index contributed by atoms with van der Waals surface area (Å²) in [5, 5.41) is 3.34. The fraction of sp³-hybridized carbons (Fsp3) is 0.154. The van der Waals surface area contributed by atoms with Gasteiger partial charge in [0.25, 0.3) is 15.9 Å².